The Labute approximate surface area is 189 Å². The van der Waals surface area contributed by atoms with Crippen LogP contribution in [0.1, 0.15) is 22.5 Å². The highest BCUT2D eigenvalue weighted by molar-refractivity contribution is 7.90. The van der Waals surface area contributed by atoms with Crippen LogP contribution in [0.3, 0.4) is 0 Å². The van der Waals surface area contributed by atoms with Crippen molar-refractivity contribution >= 4 is 28.7 Å². The van der Waals surface area contributed by atoms with Crippen molar-refractivity contribution in [3.63, 3.8) is 0 Å². The van der Waals surface area contributed by atoms with E-state index in [1.807, 2.05) is 0 Å². The van der Waals surface area contributed by atoms with Gasteiger partial charge < -0.3 is 18.9 Å². The number of halogens is 3. The first kappa shape index (κ1) is 23.1. The van der Waals surface area contributed by atoms with E-state index in [1.54, 1.807) is 6.07 Å². The van der Waals surface area contributed by atoms with Gasteiger partial charge in [0.15, 0.2) is 18.6 Å². The van der Waals surface area contributed by atoms with E-state index in [0.717, 1.165) is 0 Å². The molecule has 176 valence electrons. The van der Waals surface area contributed by atoms with Crippen LogP contribution < -0.4 is 14.4 Å². The summed E-state index contributed by atoms with van der Waals surface area (Å²) < 4.78 is 58.3. The van der Waals surface area contributed by atoms with E-state index in [-0.39, 0.29) is 35.9 Å². The van der Waals surface area contributed by atoms with E-state index in [9.17, 15) is 27.3 Å². The molecule has 0 aliphatic carbocycles. The van der Waals surface area contributed by atoms with Gasteiger partial charge in [-0.15, -0.1) is 0 Å². The molecule has 1 fully saturated rings. The van der Waals surface area contributed by atoms with Crippen molar-refractivity contribution in [2.24, 2.45) is 0 Å². The van der Waals surface area contributed by atoms with Crippen molar-refractivity contribution in [1.29, 1.82) is 0 Å². The highest BCUT2D eigenvalue weighted by Gasteiger charge is 2.37. The molecule has 13 heteroatoms. The van der Waals surface area contributed by atoms with Crippen molar-refractivity contribution < 1.29 is 36.8 Å². The van der Waals surface area contributed by atoms with Gasteiger partial charge in [-0.3, -0.25) is 19.5 Å². The summed E-state index contributed by atoms with van der Waals surface area (Å²) in [4.78, 5) is 36.4. The summed E-state index contributed by atoms with van der Waals surface area (Å²) in [6.45, 7) is -0.855. The summed E-state index contributed by atoms with van der Waals surface area (Å²) in [5.41, 5.74) is 1.38. The summed E-state index contributed by atoms with van der Waals surface area (Å²) in [5.74, 6) is -0.523. The summed E-state index contributed by atoms with van der Waals surface area (Å²) >= 11 is -1.18. The molecule has 0 radical (unpaired) electrons. The van der Waals surface area contributed by atoms with Gasteiger partial charge in [0.25, 0.3) is 11.8 Å². The minimum atomic E-state index is -4.47. The maximum absolute atomic E-state index is 12.8. The number of aromatic nitrogens is 2. The van der Waals surface area contributed by atoms with Crippen LogP contribution in [0.25, 0.3) is 0 Å². The first-order chi connectivity index (χ1) is 15.6. The lowest BCUT2D eigenvalue weighted by atomic mass is 10.2. The summed E-state index contributed by atoms with van der Waals surface area (Å²) in [5, 5.41) is 0. The lowest BCUT2D eigenvalue weighted by Gasteiger charge is -2.17. The third-order valence-electron chi connectivity index (χ3n) is 4.99. The van der Waals surface area contributed by atoms with Crippen LogP contribution in [0, 0.1) is 0 Å². The van der Waals surface area contributed by atoms with Crippen LogP contribution in [0.15, 0.2) is 30.6 Å². The Bertz CT molecular complexity index is 1050. The number of alkyl halides is 3. The van der Waals surface area contributed by atoms with Crippen LogP contribution in [0.5, 0.6) is 11.6 Å². The summed E-state index contributed by atoms with van der Waals surface area (Å²) in [6.07, 6.45) is -0.734. The number of carbonyl (C=O) groups is 2. The number of hydrogen-bond donors (Lipinski definition) is 0. The van der Waals surface area contributed by atoms with Gasteiger partial charge >= 0.3 is 6.18 Å². The molecule has 9 nitrogen and oxygen atoms in total. The third-order valence-corrected chi connectivity index (χ3v) is 5.67. The third kappa shape index (κ3) is 5.30. The molecule has 0 saturated carbocycles. The zero-order valence-electron chi connectivity index (χ0n) is 17.4. The van der Waals surface area contributed by atoms with Gasteiger partial charge in [0, 0.05) is 19.0 Å². The molecule has 4 rings (SSSR count). The quantitative estimate of drug-likeness (QED) is 0.553. The van der Waals surface area contributed by atoms with E-state index < -0.39 is 30.1 Å². The predicted octanol–water partition coefficient (Wildman–Crippen LogP) is 1.89. The van der Waals surface area contributed by atoms with Gasteiger partial charge in [-0.2, -0.15) is 13.2 Å². The van der Waals surface area contributed by atoms with Gasteiger partial charge in [0.2, 0.25) is 5.88 Å². The van der Waals surface area contributed by atoms with E-state index in [4.69, 9.17) is 4.74 Å². The van der Waals surface area contributed by atoms with Crippen LogP contribution in [-0.2, 0) is 22.5 Å². The molecular formula is C20H19F3N4O5S. The second-order valence-corrected chi connectivity index (χ2v) is 8.92. The lowest BCUT2D eigenvalue weighted by Crippen LogP contribution is -2.32. The standard InChI is InChI=1S/C20H19F3N4O5S/c1-33(30)11-26-9-15-14(18(26)28)6-12(7-24-15)27-5-4-16(19(27)29)32-13-2-3-17(25-8-13)31-10-20(21,22)23/h2-3,6-8,16H,4-5,9-11H2,1H3/t16?,33-/m0/s1. The Hall–Kier alpha value is -3.06. The van der Waals surface area contributed by atoms with Gasteiger partial charge in [-0.1, -0.05) is 0 Å². The zero-order valence-corrected chi connectivity index (χ0v) is 18.2. The predicted molar refractivity (Wildman–Crippen MR) is 110 cm³/mol. The van der Waals surface area contributed by atoms with Gasteiger partial charge in [-0.05, 0) is 23.3 Å². The van der Waals surface area contributed by atoms with E-state index in [1.165, 1.54) is 40.6 Å². The lowest BCUT2D eigenvalue weighted by molar-refractivity contribution is -0.154. The number of hydrogen-bond acceptors (Lipinski definition) is 7. The van der Waals surface area contributed by atoms with Crippen molar-refractivity contribution in [2.75, 3.05) is 30.2 Å². The van der Waals surface area contributed by atoms with Crippen molar-refractivity contribution in [3.8, 4) is 11.6 Å². The Morgan fingerprint density at radius 2 is 2.03 bits per heavy atom. The topological polar surface area (TPSA) is 108 Å². The average Bonchev–Trinajstić information content (AvgIpc) is 3.26. The highest BCUT2D eigenvalue weighted by Crippen LogP contribution is 2.29. The number of pyridine rings is 2. The largest absolute Gasteiger partial charge is 0.615 e. The smallest absolute Gasteiger partial charge is 0.422 e. The van der Waals surface area contributed by atoms with Crippen LogP contribution in [0.4, 0.5) is 18.9 Å². The van der Waals surface area contributed by atoms with E-state index in [2.05, 4.69) is 14.7 Å². The molecule has 2 amide bonds. The van der Waals surface area contributed by atoms with Gasteiger partial charge in [0.1, 0.15) is 5.75 Å². The highest BCUT2D eigenvalue weighted by atomic mass is 32.2. The maximum Gasteiger partial charge on any atom is 0.422 e. The van der Waals surface area contributed by atoms with E-state index in [0.29, 0.717) is 29.9 Å². The van der Waals surface area contributed by atoms with Gasteiger partial charge in [0.05, 0.1) is 42.1 Å². The molecule has 4 heterocycles. The molecule has 2 aliphatic rings. The second kappa shape index (κ2) is 9.06. The molecule has 0 bridgehead atoms. The molecule has 1 saturated heterocycles. The van der Waals surface area contributed by atoms with Crippen molar-refractivity contribution in [2.45, 2.75) is 25.2 Å². The second-order valence-electron chi connectivity index (χ2n) is 7.51. The molecule has 0 spiro atoms. The minimum Gasteiger partial charge on any atom is -0.615 e. The zero-order chi connectivity index (χ0) is 23.8. The molecular weight excluding hydrogens is 465 g/mol. The average molecular weight is 484 g/mol. The van der Waals surface area contributed by atoms with E-state index >= 15 is 0 Å². The fourth-order valence-corrected chi connectivity index (χ4v) is 4.20. The Morgan fingerprint density at radius 1 is 1.24 bits per heavy atom. The Balaban J connectivity index is 1.39. The van der Waals surface area contributed by atoms with Gasteiger partial charge in [-0.25, -0.2) is 4.98 Å². The SMILES string of the molecule is C[S@+]([O-])CN1Cc2ncc(N3CCC(Oc4ccc(OCC(F)(F)F)nc4)C3=O)cc2C1=O. The molecule has 2 aromatic heterocycles. The molecule has 0 aromatic carbocycles. The minimum absolute atomic E-state index is 0.108. The maximum atomic E-state index is 12.8. The number of nitrogens with zero attached hydrogens (tertiary/aromatic N) is 4. The number of ether oxygens (including phenoxy) is 2. The molecule has 1 unspecified atom stereocenters. The number of amides is 2. The van der Waals surface area contributed by atoms with Crippen LogP contribution in [-0.4, -0.2) is 68.8 Å². The van der Waals surface area contributed by atoms with Crippen LogP contribution in [0.2, 0.25) is 0 Å². The van der Waals surface area contributed by atoms with Crippen molar-refractivity contribution in [3.05, 3.63) is 41.9 Å². The Morgan fingerprint density at radius 3 is 2.70 bits per heavy atom. The fourth-order valence-electron chi connectivity index (χ4n) is 3.55. The molecule has 2 aromatic rings. The molecule has 2 aliphatic heterocycles. The number of rotatable bonds is 7. The fraction of sp³-hybridized carbons (Fsp3) is 0.400. The first-order valence-corrected chi connectivity index (χ1v) is 11.6. The van der Waals surface area contributed by atoms with Crippen molar-refractivity contribution in [1.82, 2.24) is 14.9 Å². The normalized spacial score (nSPS) is 19.1. The monoisotopic (exact) mass is 484 g/mol. The number of carbonyl (C=O) groups excluding carboxylic acids is 2. The molecule has 2 atom stereocenters. The molecule has 33 heavy (non-hydrogen) atoms. The number of fused-ring (bicyclic) bond motifs is 1. The Kier molecular flexibility index (Phi) is 6.34. The summed E-state index contributed by atoms with van der Waals surface area (Å²) in [6, 6.07) is 4.19. The van der Waals surface area contributed by atoms with Crippen LogP contribution >= 0.6 is 0 Å². The summed E-state index contributed by atoms with van der Waals surface area (Å²) in [7, 11) is 0. The first-order valence-electron chi connectivity index (χ1n) is 9.82. The molecule has 0 N–H and O–H groups in total. The number of anilines is 1.